The monoisotopic (exact) mass is 320 g/mol. The number of nitrogens with one attached hydrogen (secondary N) is 1. The molecule has 120 valence electrons. The van der Waals surface area contributed by atoms with Crippen LogP contribution in [0.2, 0.25) is 0 Å². The van der Waals surface area contributed by atoms with Gasteiger partial charge in [0.2, 0.25) is 10.1 Å². The fourth-order valence-corrected chi connectivity index (χ4v) is 4.06. The summed E-state index contributed by atoms with van der Waals surface area (Å²) in [4.78, 5) is 17.3. The normalized spacial score (nSPS) is 22.1. The summed E-state index contributed by atoms with van der Waals surface area (Å²) < 4.78 is 1.41. The first kappa shape index (κ1) is 15.5. The minimum atomic E-state index is -0.0798. The average Bonchev–Trinajstić information content (AvgIpc) is 2.90. The molecule has 6 heteroatoms. The number of anilines is 1. The Bertz CT molecular complexity index is 693. The van der Waals surface area contributed by atoms with Crippen molar-refractivity contribution in [3.63, 3.8) is 0 Å². The Kier molecular flexibility index (Phi) is 4.76. The second-order valence-electron chi connectivity index (χ2n) is 6.34. The zero-order valence-corrected chi connectivity index (χ0v) is 14.2. The third-order valence-corrected chi connectivity index (χ3v) is 5.47. The van der Waals surface area contributed by atoms with Gasteiger partial charge in [0.15, 0.2) is 0 Å². The number of fused-ring (bicyclic) bond motifs is 1. The molecule has 2 aromatic heterocycles. The fraction of sp³-hybridized carbons (Fsp3) is 0.688. The predicted molar refractivity (Wildman–Crippen MR) is 90.7 cm³/mol. The Morgan fingerprint density at radius 2 is 2.23 bits per heavy atom. The highest BCUT2D eigenvalue weighted by Gasteiger charge is 2.21. The molecule has 22 heavy (non-hydrogen) atoms. The van der Waals surface area contributed by atoms with Crippen LogP contribution in [-0.4, -0.2) is 21.1 Å². The van der Waals surface area contributed by atoms with Crippen molar-refractivity contribution in [2.24, 2.45) is 11.8 Å². The maximum atomic E-state index is 12.1. The molecule has 3 rings (SSSR count). The van der Waals surface area contributed by atoms with E-state index in [9.17, 15) is 4.79 Å². The van der Waals surface area contributed by atoms with E-state index in [1.54, 1.807) is 6.07 Å². The Labute approximate surface area is 134 Å². The molecule has 0 spiro atoms. The van der Waals surface area contributed by atoms with Crippen LogP contribution in [-0.2, 0) is 6.42 Å². The van der Waals surface area contributed by atoms with Gasteiger partial charge in [0.1, 0.15) is 0 Å². The van der Waals surface area contributed by atoms with Gasteiger partial charge < -0.3 is 5.32 Å². The molecule has 2 heterocycles. The van der Waals surface area contributed by atoms with Crippen LogP contribution < -0.4 is 10.9 Å². The van der Waals surface area contributed by atoms with E-state index < -0.39 is 0 Å². The fourth-order valence-electron chi connectivity index (χ4n) is 3.23. The standard InChI is InChI=1S/C16H24N4OS/c1-3-6-13-9-14(21)20-16(18-13)22-15(19-20)17-10-12-8-5-4-7-11(12)2/h9,11-12H,3-8,10H2,1-2H3,(H,17,19). The Morgan fingerprint density at radius 3 is 3.00 bits per heavy atom. The number of hydrogen-bond donors (Lipinski definition) is 1. The maximum Gasteiger partial charge on any atom is 0.275 e. The smallest absolute Gasteiger partial charge is 0.275 e. The van der Waals surface area contributed by atoms with Gasteiger partial charge in [0, 0.05) is 18.3 Å². The Morgan fingerprint density at radius 1 is 1.41 bits per heavy atom. The molecule has 2 aromatic rings. The summed E-state index contributed by atoms with van der Waals surface area (Å²) in [5.41, 5.74) is 0.785. The number of rotatable bonds is 5. The zero-order valence-electron chi connectivity index (χ0n) is 13.3. The van der Waals surface area contributed by atoms with Crippen LogP contribution >= 0.6 is 11.3 Å². The van der Waals surface area contributed by atoms with Gasteiger partial charge in [-0.15, -0.1) is 5.10 Å². The van der Waals surface area contributed by atoms with Gasteiger partial charge in [-0.05, 0) is 24.7 Å². The molecule has 1 fully saturated rings. The first-order valence-electron chi connectivity index (χ1n) is 8.31. The van der Waals surface area contributed by atoms with Crippen LogP contribution in [0.25, 0.3) is 4.96 Å². The van der Waals surface area contributed by atoms with Gasteiger partial charge in [-0.1, -0.05) is 50.9 Å². The molecule has 5 nitrogen and oxygen atoms in total. The Hall–Kier alpha value is -1.43. The quantitative estimate of drug-likeness (QED) is 0.918. The molecule has 0 saturated heterocycles. The molecule has 2 atom stereocenters. The lowest BCUT2D eigenvalue weighted by atomic mass is 9.80. The van der Waals surface area contributed by atoms with Gasteiger partial charge in [-0.25, -0.2) is 4.98 Å². The van der Waals surface area contributed by atoms with Crippen LogP contribution in [0.5, 0.6) is 0 Å². The molecule has 0 aromatic carbocycles. The molecular weight excluding hydrogens is 296 g/mol. The van der Waals surface area contributed by atoms with Crippen molar-refractivity contribution in [3.05, 3.63) is 22.1 Å². The molecule has 0 bridgehead atoms. The number of aryl methyl sites for hydroxylation is 1. The van der Waals surface area contributed by atoms with Gasteiger partial charge in [0.05, 0.1) is 0 Å². The molecule has 1 aliphatic carbocycles. The van der Waals surface area contributed by atoms with E-state index in [4.69, 9.17) is 0 Å². The van der Waals surface area contributed by atoms with Crippen molar-refractivity contribution in [2.45, 2.75) is 52.4 Å². The summed E-state index contributed by atoms with van der Waals surface area (Å²) in [6, 6.07) is 1.60. The lowest BCUT2D eigenvalue weighted by Crippen LogP contribution is -2.24. The first-order valence-corrected chi connectivity index (χ1v) is 9.12. The summed E-state index contributed by atoms with van der Waals surface area (Å²) in [6.45, 7) is 5.37. The lowest BCUT2D eigenvalue weighted by molar-refractivity contribution is 0.268. The summed E-state index contributed by atoms with van der Waals surface area (Å²) in [5.74, 6) is 1.48. The summed E-state index contributed by atoms with van der Waals surface area (Å²) in [7, 11) is 0. The van der Waals surface area contributed by atoms with E-state index in [2.05, 4.69) is 29.2 Å². The molecule has 2 unspecified atom stereocenters. The third kappa shape index (κ3) is 3.32. The van der Waals surface area contributed by atoms with E-state index >= 15 is 0 Å². The van der Waals surface area contributed by atoms with Crippen molar-refractivity contribution in [3.8, 4) is 0 Å². The van der Waals surface area contributed by atoms with Crippen LogP contribution in [0.1, 0.15) is 51.6 Å². The summed E-state index contributed by atoms with van der Waals surface area (Å²) in [6.07, 6.45) is 7.14. The predicted octanol–water partition coefficient (Wildman–Crippen LogP) is 3.34. The molecule has 1 saturated carbocycles. The highest BCUT2D eigenvalue weighted by atomic mass is 32.1. The van der Waals surface area contributed by atoms with Crippen LogP contribution in [0, 0.1) is 11.8 Å². The van der Waals surface area contributed by atoms with Gasteiger partial charge in [-0.3, -0.25) is 4.79 Å². The highest BCUT2D eigenvalue weighted by Crippen LogP contribution is 2.30. The Balaban J connectivity index is 1.74. The molecule has 1 aliphatic rings. The van der Waals surface area contributed by atoms with E-state index in [0.717, 1.165) is 36.1 Å². The van der Waals surface area contributed by atoms with E-state index in [1.165, 1.54) is 41.5 Å². The van der Waals surface area contributed by atoms with Gasteiger partial charge in [-0.2, -0.15) is 4.52 Å². The van der Waals surface area contributed by atoms with E-state index in [-0.39, 0.29) is 5.56 Å². The van der Waals surface area contributed by atoms with Crippen LogP contribution in [0.3, 0.4) is 0 Å². The second kappa shape index (κ2) is 6.77. The van der Waals surface area contributed by atoms with Crippen molar-refractivity contribution in [2.75, 3.05) is 11.9 Å². The summed E-state index contributed by atoms with van der Waals surface area (Å²) >= 11 is 1.47. The first-order chi connectivity index (χ1) is 10.7. The van der Waals surface area contributed by atoms with Gasteiger partial charge >= 0.3 is 0 Å². The number of hydrogen-bond acceptors (Lipinski definition) is 5. The molecule has 0 radical (unpaired) electrons. The molecule has 1 N–H and O–H groups in total. The number of aromatic nitrogens is 3. The van der Waals surface area contributed by atoms with E-state index in [0.29, 0.717) is 10.9 Å². The van der Waals surface area contributed by atoms with E-state index in [1.807, 2.05) is 0 Å². The summed E-state index contributed by atoms with van der Waals surface area (Å²) in [5, 5.41) is 8.59. The maximum absolute atomic E-state index is 12.1. The minimum Gasteiger partial charge on any atom is -0.360 e. The third-order valence-electron chi connectivity index (χ3n) is 4.61. The molecule has 0 aliphatic heterocycles. The van der Waals surface area contributed by atoms with Crippen LogP contribution in [0.15, 0.2) is 10.9 Å². The number of nitrogens with zero attached hydrogens (tertiary/aromatic N) is 3. The lowest BCUT2D eigenvalue weighted by Gasteiger charge is -2.28. The SMILES string of the molecule is CCCc1cc(=O)n2nc(NCC3CCCCC3C)sc2n1. The van der Waals surface area contributed by atoms with Crippen molar-refractivity contribution < 1.29 is 0 Å². The van der Waals surface area contributed by atoms with Gasteiger partial charge in [0.25, 0.3) is 5.56 Å². The molecule has 0 amide bonds. The van der Waals surface area contributed by atoms with Crippen LogP contribution in [0.4, 0.5) is 5.13 Å². The second-order valence-corrected chi connectivity index (χ2v) is 7.30. The minimum absolute atomic E-state index is 0.0798. The zero-order chi connectivity index (χ0) is 15.5. The molecular formula is C16H24N4OS. The van der Waals surface area contributed by atoms with Crippen molar-refractivity contribution in [1.82, 2.24) is 14.6 Å². The largest absolute Gasteiger partial charge is 0.360 e. The highest BCUT2D eigenvalue weighted by molar-refractivity contribution is 7.20. The van der Waals surface area contributed by atoms with Crippen molar-refractivity contribution >= 4 is 21.4 Å². The topological polar surface area (TPSA) is 59.3 Å². The van der Waals surface area contributed by atoms with Crippen molar-refractivity contribution in [1.29, 1.82) is 0 Å². The average molecular weight is 320 g/mol.